The van der Waals surface area contributed by atoms with Gasteiger partial charge in [0.1, 0.15) is 0 Å². The van der Waals surface area contributed by atoms with E-state index < -0.39 is 0 Å². The lowest BCUT2D eigenvalue weighted by Gasteiger charge is -2.23. The molecule has 1 aromatic rings. The van der Waals surface area contributed by atoms with Gasteiger partial charge in [-0.2, -0.15) is 0 Å². The molecule has 0 radical (unpaired) electrons. The molecule has 16 heavy (non-hydrogen) atoms. The number of benzene rings is 1. The third-order valence-electron chi connectivity index (χ3n) is 5.12. The van der Waals surface area contributed by atoms with E-state index >= 15 is 0 Å². The first-order chi connectivity index (χ1) is 7.65. The summed E-state index contributed by atoms with van der Waals surface area (Å²) in [6.45, 7) is 6.77. The van der Waals surface area contributed by atoms with Crippen molar-refractivity contribution in [2.75, 3.05) is 0 Å². The van der Waals surface area contributed by atoms with E-state index in [-0.39, 0.29) is 0 Å². The molecule has 1 aromatic carbocycles. The van der Waals surface area contributed by atoms with Crippen LogP contribution in [-0.4, -0.2) is 0 Å². The van der Waals surface area contributed by atoms with Crippen LogP contribution in [0, 0.1) is 32.6 Å². The van der Waals surface area contributed by atoms with Crippen LogP contribution in [0.3, 0.4) is 0 Å². The number of hydrogen-bond acceptors (Lipinski definition) is 0. The van der Waals surface area contributed by atoms with E-state index in [1.165, 1.54) is 42.4 Å². The molecule has 0 aromatic heterocycles. The van der Waals surface area contributed by atoms with Gasteiger partial charge in [0.05, 0.1) is 0 Å². The molecule has 0 heteroatoms. The Bertz CT molecular complexity index is 393. The molecule has 86 valence electrons. The van der Waals surface area contributed by atoms with Gasteiger partial charge in [-0.05, 0) is 80.0 Å². The monoisotopic (exact) mass is 214 g/mol. The van der Waals surface area contributed by atoms with Gasteiger partial charge in [0, 0.05) is 0 Å². The maximum Gasteiger partial charge on any atom is -0.0131 e. The molecule has 0 amide bonds. The molecular weight excluding hydrogens is 192 g/mol. The quantitative estimate of drug-likeness (QED) is 0.645. The Kier molecular flexibility index (Phi) is 2.34. The topological polar surface area (TPSA) is 0 Å². The smallest absolute Gasteiger partial charge is 0.0131 e. The Balaban J connectivity index is 1.95. The molecule has 3 atom stereocenters. The molecule has 2 aliphatic carbocycles. The van der Waals surface area contributed by atoms with Crippen molar-refractivity contribution in [2.24, 2.45) is 11.8 Å². The van der Waals surface area contributed by atoms with Crippen LogP contribution in [0.15, 0.2) is 12.1 Å². The summed E-state index contributed by atoms with van der Waals surface area (Å²) >= 11 is 0. The molecule has 3 unspecified atom stereocenters. The summed E-state index contributed by atoms with van der Waals surface area (Å²) < 4.78 is 0. The van der Waals surface area contributed by atoms with Gasteiger partial charge in [0.2, 0.25) is 0 Å². The number of rotatable bonds is 1. The molecule has 0 aliphatic heterocycles. The Hall–Kier alpha value is -0.780. The Morgan fingerprint density at radius 3 is 2.12 bits per heavy atom. The summed E-state index contributed by atoms with van der Waals surface area (Å²) in [4.78, 5) is 0. The molecule has 2 fully saturated rings. The molecule has 2 bridgehead atoms. The molecule has 3 rings (SSSR count). The fourth-order valence-corrected chi connectivity index (χ4v) is 3.94. The van der Waals surface area contributed by atoms with Gasteiger partial charge in [0.15, 0.2) is 0 Å². The molecule has 2 saturated carbocycles. The van der Waals surface area contributed by atoms with Crippen LogP contribution in [0.25, 0.3) is 0 Å². The van der Waals surface area contributed by atoms with E-state index in [1.807, 2.05) is 0 Å². The molecule has 0 saturated heterocycles. The van der Waals surface area contributed by atoms with Gasteiger partial charge in [-0.3, -0.25) is 0 Å². The first kappa shape index (κ1) is 10.4. The van der Waals surface area contributed by atoms with Crippen LogP contribution in [0.4, 0.5) is 0 Å². The lowest BCUT2D eigenvalue weighted by Crippen LogP contribution is -2.09. The Labute approximate surface area is 99.1 Å². The summed E-state index contributed by atoms with van der Waals surface area (Å²) in [6, 6.07) is 4.90. The lowest BCUT2D eigenvalue weighted by atomic mass is 9.82. The third kappa shape index (κ3) is 1.50. The van der Waals surface area contributed by atoms with E-state index in [2.05, 4.69) is 32.9 Å². The minimum atomic E-state index is 0.886. The predicted molar refractivity (Wildman–Crippen MR) is 68.8 cm³/mol. The second-order valence-corrected chi connectivity index (χ2v) is 6.06. The zero-order valence-corrected chi connectivity index (χ0v) is 10.7. The minimum Gasteiger partial charge on any atom is -0.0555 e. The van der Waals surface area contributed by atoms with Crippen molar-refractivity contribution in [2.45, 2.75) is 52.4 Å². The van der Waals surface area contributed by atoms with Crippen LogP contribution >= 0.6 is 0 Å². The SMILES string of the molecule is Cc1cc(C2CC3CCC2C3)cc(C)c1C. The van der Waals surface area contributed by atoms with Crippen LogP contribution in [0.5, 0.6) is 0 Å². The van der Waals surface area contributed by atoms with E-state index in [1.54, 1.807) is 5.56 Å². The predicted octanol–water partition coefficient (Wildman–Crippen LogP) is 4.52. The molecular formula is C16H22. The second-order valence-electron chi connectivity index (χ2n) is 6.06. The van der Waals surface area contributed by atoms with Crippen molar-refractivity contribution < 1.29 is 0 Å². The van der Waals surface area contributed by atoms with Crippen molar-refractivity contribution in [3.8, 4) is 0 Å². The van der Waals surface area contributed by atoms with E-state index in [9.17, 15) is 0 Å². The van der Waals surface area contributed by atoms with Crippen LogP contribution in [0.2, 0.25) is 0 Å². The molecule has 0 heterocycles. The van der Waals surface area contributed by atoms with Crippen molar-refractivity contribution in [1.29, 1.82) is 0 Å². The first-order valence-electron chi connectivity index (χ1n) is 6.73. The highest BCUT2D eigenvalue weighted by atomic mass is 14.4. The Morgan fingerprint density at radius 2 is 1.62 bits per heavy atom. The number of aryl methyl sites for hydroxylation is 2. The fraction of sp³-hybridized carbons (Fsp3) is 0.625. The van der Waals surface area contributed by atoms with Crippen LogP contribution < -0.4 is 0 Å². The van der Waals surface area contributed by atoms with Gasteiger partial charge < -0.3 is 0 Å². The van der Waals surface area contributed by atoms with E-state index in [0.717, 1.165) is 17.8 Å². The largest absolute Gasteiger partial charge is 0.0555 e. The summed E-state index contributed by atoms with van der Waals surface area (Å²) in [5.74, 6) is 2.94. The van der Waals surface area contributed by atoms with Gasteiger partial charge in [-0.25, -0.2) is 0 Å². The average molecular weight is 214 g/mol. The lowest BCUT2D eigenvalue weighted by molar-refractivity contribution is 0.419. The van der Waals surface area contributed by atoms with E-state index in [0.29, 0.717) is 0 Å². The Morgan fingerprint density at radius 1 is 0.938 bits per heavy atom. The minimum absolute atomic E-state index is 0.886. The van der Waals surface area contributed by atoms with E-state index in [4.69, 9.17) is 0 Å². The van der Waals surface area contributed by atoms with Gasteiger partial charge in [0.25, 0.3) is 0 Å². The zero-order chi connectivity index (χ0) is 11.3. The maximum atomic E-state index is 2.45. The molecule has 0 spiro atoms. The number of fused-ring (bicyclic) bond motifs is 2. The zero-order valence-electron chi connectivity index (χ0n) is 10.7. The highest BCUT2D eigenvalue weighted by Gasteiger charge is 2.40. The van der Waals surface area contributed by atoms with Crippen molar-refractivity contribution >= 4 is 0 Å². The third-order valence-corrected chi connectivity index (χ3v) is 5.12. The van der Waals surface area contributed by atoms with Crippen LogP contribution in [0.1, 0.15) is 53.9 Å². The van der Waals surface area contributed by atoms with Gasteiger partial charge in [-0.1, -0.05) is 18.6 Å². The van der Waals surface area contributed by atoms with Crippen molar-refractivity contribution in [3.05, 3.63) is 34.4 Å². The summed E-state index contributed by atoms with van der Waals surface area (Å²) in [5, 5.41) is 0. The fourth-order valence-electron chi connectivity index (χ4n) is 3.94. The van der Waals surface area contributed by atoms with Gasteiger partial charge >= 0.3 is 0 Å². The van der Waals surface area contributed by atoms with Gasteiger partial charge in [-0.15, -0.1) is 0 Å². The van der Waals surface area contributed by atoms with Crippen molar-refractivity contribution in [3.63, 3.8) is 0 Å². The second kappa shape index (κ2) is 3.61. The maximum absolute atomic E-state index is 2.45. The first-order valence-corrected chi connectivity index (χ1v) is 6.73. The molecule has 2 aliphatic rings. The standard InChI is InChI=1S/C16H22/c1-10-6-15(7-11(2)12(10)3)16-9-13-4-5-14(16)8-13/h6-7,13-14,16H,4-5,8-9H2,1-3H3. The summed E-state index contributed by atoms with van der Waals surface area (Å²) in [7, 11) is 0. The molecule has 0 N–H and O–H groups in total. The average Bonchev–Trinajstić information content (AvgIpc) is 2.86. The normalized spacial score (nSPS) is 32.3. The van der Waals surface area contributed by atoms with Crippen LogP contribution in [-0.2, 0) is 0 Å². The highest BCUT2D eigenvalue weighted by molar-refractivity contribution is 5.39. The highest BCUT2D eigenvalue weighted by Crippen LogP contribution is 2.53. The summed E-state index contributed by atoms with van der Waals surface area (Å²) in [6.07, 6.45) is 5.97. The molecule has 0 nitrogen and oxygen atoms in total. The van der Waals surface area contributed by atoms with Crippen molar-refractivity contribution in [1.82, 2.24) is 0 Å². The summed E-state index contributed by atoms with van der Waals surface area (Å²) in [5.41, 5.74) is 6.08. The number of hydrogen-bond donors (Lipinski definition) is 0.